The summed E-state index contributed by atoms with van der Waals surface area (Å²) in [7, 11) is -9.92. The number of rotatable bonds is 79. The Labute approximate surface area is 619 Å². The molecule has 0 rings (SSSR count). The molecular weight excluding hydrogens is 1320 g/mol. The molecule has 0 aromatic heterocycles. The van der Waals surface area contributed by atoms with Crippen LogP contribution in [0.2, 0.25) is 0 Å². The standard InChI is InChI=1S/C82H160O17P2/c1-9-75(8)61-53-45-37-29-23-19-14-12-10-11-13-15-21-25-31-39-48-56-64-81(86)98-78(69-93-80(85)63-55-47-41-33-36-44-52-60-74(6)7)71-97-101(90,91)95-67-76(83)66-94-100(88,89)96-70-77(99-82(87)65-57-49-40-32-26-28-35-43-51-59-73(4)5)68-92-79(84)62-54-46-38-30-24-20-17-16-18-22-27-34-42-50-58-72(2)3/h72-78,83H,9-71H2,1-8H3,(H,88,89)(H,90,91)/t75?,76?,77-,78-/m1/s1. The van der Waals surface area contributed by atoms with Crippen LogP contribution >= 0.6 is 15.6 Å². The van der Waals surface area contributed by atoms with Crippen molar-refractivity contribution in [2.45, 2.75) is 440 Å². The zero-order valence-corrected chi connectivity index (χ0v) is 68.3. The summed E-state index contributed by atoms with van der Waals surface area (Å²) in [5.74, 6) is 0.996. The Morgan fingerprint density at radius 3 is 0.703 bits per heavy atom. The maximum absolute atomic E-state index is 13.1. The summed E-state index contributed by atoms with van der Waals surface area (Å²) in [6.07, 6.45) is 58.4. The van der Waals surface area contributed by atoms with E-state index in [1.54, 1.807) is 0 Å². The lowest BCUT2D eigenvalue weighted by molar-refractivity contribution is -0.161. The third-order valence-corrected chi connectivity index (χ3v) is 21.3. The Morgan fingerprint density at radius 2 is 0.475 bits per heavy atom. The molecule has 600 valence electrons. The van der Waals surface area contributed by atoms with E-state index < -0.39 is 97.5 Å². The SMILES string of the molecule is CCC(C)CCCCCCCCCCCCCCCCCCCCC(=O)O[C@H](COC(=O)CCCCCCCCCC(C)C)COP(=O)(O)OCC(O)COP(=O)(O)OC[C@@H](COC(=O)CCCCCCCCCCCCCCCCC(C)C)OC(=O)CCCCCCCCCCCC(C)C. The molecule has 0 aliphatic carbocycles. The fourth-order valence-corrected chi connectivity index (χ4v) is 14.2. The number of carbonyl (C=O) groups excluding carboxylic acids is 4. The van der Waals surface area contributed by atoms with E-state index in [2.05, 4.69) is 55.4 Å². The molecule has 0 aromatic carbocycles. The first-order chi connectivity index (χ1) is 48.6. The van der Waals surface area contributed by atoms with Gasteiger partial charge in [-0.25, -0.2) is 9.13 Å². The largest absolute Gasteiger partial charge is 0.472 e. The predicted octanol–water partition coefficient (Wildman–Crippen LogP) is 24.4. The zero-order chi connectivity index (χ0) is 74.6. The molecule has 0 radical (unpaired) electrons. The molecule has 3 N–H and O–H groups in total. The molecule has 6 atom stereocenters. The first kappa shape index (κ1) is 99.1. The van der Waals surface area contributed by atoms with Crippen molar-refractivity contribution in [2.75, 3.05) is 39.6 Å². The number of carbonyl (C=O) groups is 4. The lowest BCUT2D eigenvalue weighted by atomic mass is 9.99. The summed E-state index contributed by atoms with van der Waals surface area (Å²) in [6, 6.07) is 0. The normalized spacial score (nSPS) is 14.3. The molecule has 0 spiro atoms. The van der Waals surface area contributed by atoms with E-state index >= 15 is 0 Å². The highest BCUT2D eigenvalue weighted by Crippen LogP contribution is 2.45. The monoisotopic (exact) mass is 1480 g/mol. The summed E-state index contributed by atoms with van der Waals surface area (Å²) in [4.78, 5) is 73.0. The molecule has 0 amide bonds. The van der Waals surface area contributed by atoms with Gasteiger partial charge in [0.25, 0.3) is 0 Å². The first-order valence-electron chi connectivity index (χ1n) is 42.2. The highest BCUT2D eigenvalue weighted by Gasteiger charge is 2.30. The van der Waals surface area contributed by atoms with Crippen molar-refractivity contribution in [3.05, 3.63) is 0 Å². The topological polar surface area (TPSA) is 237 Å². The zero-order valence-electron chi connectivity index (χ0n) is 66.5. The Bertz CT molecular complexity index is 1970. The number of hydrogen-bond donors (Lipinski definition) is 3. The molecule has 101 heavy (non-hydrogen) atoms. The molecule has 17 nitrogen and oxygen atoms in total. The lowest BCUT2D eigenvalue weighted by Crippen LogP contribution is -2.30. The van der Waals surface area contributed by atoms with Gasteiger partial charge in [-0.05, 0) is 49.4 Å². The Balaban J connectivity index is 5.17. The fraction of sp³-hybridized carbons (Fsp3) is 0.951. The number of unbranched alkanes of at least 4 members (excludes halogenated alkanes) is 44. The summed E-state index contributed by atoms with van der Waals surface area (Å²) in [5, 5.41) is 10.6. The minimum atomic E-state index is -4.96. The van der Waals surface area contributed by atoms with Crippen LogP contribution in [0.3, 0.4) is 0 Å². The van der Waals surface area contributed by atoms with E-state index in [9.17, 15) is 43.2 Å². The van der Waals surface area contributed by atoms with Gasteiger partial charge >= 0.3 is 39.5 Å². The van der Waals surface area contributed by atoms with Crippen LogP contribution in [-0.2, 0) is 65.4 Å². The smallest absolute Gasteiger partial charge is 0.462 e. The number of esters is 4. The van der Waals surface area contributed by atoms with Crippen molar-refractivity contribution in [1.29, 1.82) is 0 Å². The van der Waals surface area contributed by atoms with Crippen LogP contribution in [0.1, 0.15) is 421 Å². The van der Waals surface area contributed by atoms with Gasteiger partial charge in [-0.3, -0.25) is 37.3 Å². The quantitative estimate of drug-likeness (QED) is 0.0222. The van der Waals surface area contributed by atoms with Crippen LogP contribution in [-0.4, -0.2) is 96.7 Å². The van der Waals surface area contributed by atoms with E-state index in [-0.39, 0.29) is 25.7 Å². The van der Waals surface area contributed by atoms with Gasteiger partial charge in [-0.1, -0.05) is 370 Å². The van der Waals surface area contributed by atoms with Crippen LogP contribution < -0.4 is 0 Å². The van der Waals surface area contributed by atoms with E-state index in [0.717, 1.165) is 114 Å². The first-order valence-corrected chi connectivity index (χ1v) is 45.2. The number of ether oxygens (including phenoxy) is 4. The molecular formula is C82H160O17P2. The summed E-state index contributed by atoms with van der Waals surface area (Å²) < 4.78 is 68.7. The Hall–Kier alpha value is -1.94. The van der Waals surface area contributed by atoms with Gasteiger partial charge in [-0.15, -0.1) is 0 Å². The molecule has 0 bridgehead atoms. The average molecular weight is 1480 g/mol. The molecule has 4 unspecified atom stereocenters. The van der Waals surface area contributed by atoms with Crippen LogP contribution in [0.15, 0.2) is 0 Å². The molecule has 0 heterocycles. The molecule has 0 fully saturated rings. The van der Waals surface area contributed by atoms with Crippen LogP contribution in [0.4, 0.5) is 0 Å². The van der Waals surface area contributed by atoms with Crippen molar-refractivity contribution in [2.24, 2.45) is 23.7 Å². The molecule has 0 saturated carbocycles. The van der Waals surface area contributed by atoms with Crippen molar-refractivity contribution >= 4 is 39.5 Å². The third-order valence-electron chi connectivity index (χ3n) is 19.4. The number of aliphatic hydroxyl groups is 1. The predicted molar refractivity (Wildman–Crippen MR) is 414 cm³/mol. The van der Waals surface area contributed by atoms with Crippen LogP contribution in [0.25, 0.3) is 0 Å². The van der Waals surface area contributed by atoms with E-state index in [0.29, 0.717) is 31.6 Å². The average Bonchev–Trinajstić information content (AvgIpc) is 0.938. The van der Waals surface area contributed by atoms with Gasteiger partial charge in [-0.2, -0.15) is 0 Å². The second-order valence-electron chi connectivity index (χ2n) is 31.2. The van der Waals surface area contributed by atoms with E-state index in [1.165, 1.54) is 218 Å². The fourth-order valence-electron chi connectivity index (χ4n) is 12.6. The summed E-state index contributed by atoms with van der Waals surface area (Å²) >= 11 is 0. The van der Waals surface area contributed by atoms with E-state index in [1.807, 2.05) is 0 Å². The molecule has 0 aliphatic heterocycles. The maximum atomic E-state index is 13.1. The lowest BCUT2D eigenvalue weighted by Gasteiger charge is -2.21. The Morgan fingerprint density at radius 1 is 0.277 bits per heavy atom. The molecule has 19 heteroatoms. The van der Waals surface area contributed by atoms with Gasteiger partial charge in [0.1, 0.15) is 19.3 Å². The summed E-state index contributed by atoms with van der Waals surface area (Å²) in [5.41, 5.74) is 0. The number of phosphoric ester groups is 2. The summed E-state index contributed by atoms with van der Waals surface area (Å²) in [6.45, 7) is 14.3. The number of phosphoric acid groups is 2. The molecule has 0 aromatic rings. The van der Waals surface area contributed by atoms with Crippen molar-refractivity contribution in [1.82, 2.24) is 0 Å². The molecule has 0 aliphatic rings. The number of hydrogen-bond acceptors (Lipinski definition) is 15. The van der Waals surface area contributed by atoms with Gasteiger partial charge in [0.05, 0.1) is 26.4 Å². The Kier molecular flexibility index (Phi) is 69.6. The second-order valence-corrected chi connectivity index (χ2v) is 34.1. The van der Waals surface area contributed by atoms with Gasteiger partial charge in [0.2, 0.25) is 0 Å². The third kappa shape index (κ3) is 74.7. The van der Waals surface area contributed by atoms with Crippen molar-refractivity contribution < 1.29 is 80.2 Å². The van der Waals surface area contributed by atoms with Gasteiger partial charge in [0, 0.05) is 25.7 Å². The van der Waals surface area contributed by atoms with Crippen LogP contribution in [0, 0.1) is 23.7 Å². The van der Waals surface area contributed by atoms with E-state index in [4.69, 9.17) is 37.0 Å². The maximum Gasteiger partial charge on any atom is 0.472 e. The van der Waals surface area contributed by atoms with Crippen molar-refractivity contribution in [3.8, 4) is 0 Å². The minimum absolute atomic E-state index is 0.105. The highest BCUT2D eigenvalue weighted by molar-refractivity contribution is 7.47. The number of aliphatic hydroxyl groups excluding tert-OH is 1. The van der Waals surface area contributed by atoms with Gasteiger partial charge in [0.15, 0.2) is 12.2 Å². The highest BCUT2D eigenvalue weighted by atomic mass is 31.2. The second kappa shape index (κ2) is 71.0. The van der Waals surface area contributed by atoms with Crippen molar-refractivity contribution in [3.63, 3.8) is 0 Å². The minimum Gasteiger partial charge on any atom is -0.462 e. The van der Waals surface area contributed by atoms with Crippen LogP contribution in [0.5, 0.6) is 0 Å². The molecule has 0 saturated heterocycles. The van der Waals surface area contributed by atoms with Gasteiger partial charge < -0.3 is 33.8 Å².